The van der Waals surface area contributed by atoms with Crippen LogP contribution in [0.5, 0.6) is 0 Å². The first-order valence-electron chi connectivity index (χ1n) is 9.85. The number of carbonyl (C=O) groups is 1. The molecule has 1 aromatic heterocycles. The van der Waals surface area contributed by atoms with Crippen LogP contribution in [0.15, 0.2) is 94.9 Å². The molecule has 7 heteroatoms. The highest BCUT2D eigenvalue weighted by Gasteiger charge is 2.24. The van der Waals surface area contributed by atoms with E-state index in [4.69, 9.17) is 11.6 Å². The molecule has 31 heavy (non-hydrogen) atoms. The summed E-state index contributed by atoms with van der Waals surface area (Å²) >= 11 is 5.92. The molecular weight excluding hydrogens is 432 g/mol. The van der Waals surface area contributed by atoms with Crippen LogP contribution in [0.2, 0.25) is 5.02 Å². The Kier molecular flexibility index (Phi) is 5.85. The van der Waals surface area contributed by atoms with Crippen LogP contribution in [0.1, 0.15) is 6.92 Å². The zero-order valence-corrected chi connectivity index (χ0v) is 18.5. The van der Waals surface area contributed by atoms with Crippen LogP contribution in [0, 0.1) is 0 Å². The van der Waals surface area contributed by atoms with Gasteiger partial charge < -0.3 is 9.47 Å². The van der Waals surface area contributed by atoms with E-state index in [2.05, 4.69) is 0 Å². The molecular formula is C24H21ClN2O3S. The van der Waals surface area contributed by atoms with Gasteiger partial charge in [-0.05, 0) is 49.4 Å². The van der Waals surface area contributed by atoms with Crippen molar-refractivity contribution < 1.29 is 13.2 Å². The van der Waals surface area contributed by atoms with E-state index in [0.717, 1.165) is 5.69 Å². The summed E-state index contributed by atoms with van der Waals surface area (Å²) in [5, 5.41) is 1.04. The van der Waals surface area contributed by atoms with Crippen LogP contribution in [-0.4, -0.2) is 25.4 Å². The fourth-order valence-corrected chi connectivity index (χ4v) is 5.24. The van der Waals surface area contributed by atoms with Crippen molar-refractivity contribution in [2.75, 3.05) is 11.4 Å². The van der Waals surface area contributed by atoms with Gasteiger partial charge in [-0.2, -0.15) is 0 Å². The lowest BCUT2D eigenvalue weighted by atomic mass is 10.2. The number of aromatic nitrogens is 1. The van der Waals surface area contributed by atoms with Crippen LogP contribution < -0.4 is 4.90 Å². The standard InChI is InChI=1S/C24H21ClN2O3S/c1-2-27(19-8-4-3-5-9-19)24(28)17-26-16-23(21-10-6-7-11-22(21)26)31(29,30)20-14-12-18(25)13-15-20/h3-16H,2,17H2,1H3. The summed E-state index contributed by atoms with van der Waals surface area (Å²) in [7, 11) is -3.78. The van der Waals surface area contributed by atoms with Gasteiger partial charge in [0.25, 0.3) is 0 Å². The van der Waals surface area contributed by atoms with Gasteiger partial charge in [0.2, 0.25) is 15.7 Å². The molecule has 0 aliphatic carbocycles. The first-order valence-corrected chi connectivity index (χ1v) is 11.7. The van der Waals surface area contributed by atoms with Crippen molar-refractivity contribution in [1.29, 1.82) is 0 Å². The molecule has 0 bridgehead atoms. The smallest absolute Gasteiger partial charge is 0.246 e. The Morgan fingerprint density at radius 2 is 1.58 bits per heavy atom. The van der Waals surface area contributed by atoms with E-state index in [1.165, 1.54) is 12.1 Å². The maximum Gasteiger partial charge on any atom is 0.246 e. The fourth-order valence-electron chi connectivity index (χ4n) is 3.64. The number of halogens is 1. The van der Waals surface area contributed by atoms with Gasteiger partial charge in [0, 0.05) is 34.4 Å². The largest absolute Gasteiger partial charge is 0.337 e. The van der Waals surface area contributed by atoms with Gasteiger partial charge in [-0.3, -0.25) is 4.79 Å². The van der Waals surface area contributed by atoms with Gasteiger partial charge in [0.15, 0.2) is 0 Å². The molecule has 5 nitrogen and oxygen atoms in total. The van der Waals surface area contributed by atoms with Crippen LogP contribution in [0.3, 0.4) is 0 Å². The number of carbonyl (C=O) groups excluding carboxylic acids is 1. The summed E-state index contributed by atoms with van der Waals surface area (Å²) in [6, 6.07) is 22.7. The molecule has 0 aliphatic heterocycles. The van der Waals surface area contributed by atoms with E-state index >= 15 is 0 Å². The van der Waals surface area contributed by atoms with Crippen LogP contribution in [0.4, 0.5) is 5.69 Å². The molecule has 0 radical (unpaired) electrons. The molecule has 1 heterocycles. The molecule has 0 saturated carbocycles. The first kappa shape index (κ1) is 21.2. The lowest BCUT2D eigenvalue weighted by molar-refractivity contribution is -0.119. The van der Waals surface area contributed by atoms with Crippen LogP contribution >= 0.6 is 11.6 Å². The normalized spacial score (nSPS) is 11.5. The highest BCUT2D eigenvalue weighted by Crippen LogP contribution is 2.31. The minimum atomic E-state index is -3.78. The summed E-state index contributed by atoms with van der Waals surface area (Å²) in [6.07, 6.45) is 1.55. The van der Waals surface area contributed by atoms with Gasteiger partial charge in [-0.1, -0.05) is 48.0 Å². The summed E-state index contributed by atoms with van der Waals surface area (Å²) < 4.78 is 28.3. The summed E-state index contributed by atoms with van der Waals surface area (Å²) in [5.41, 5.74) is 1.49. The predicted molar refractivity (Wildman–Crippen MR) is 123 cm³/mol. The number of hydrogen-bond acceptors (Lipinski definition) is 3. The Hall–Kier alpha value is -3.09. The molecule has 0 atom stereocenters. The highest BCUT2D eigenvalue weighted by molar-refractivity contribution is 7.91. The Bertz CT molecular complexity index is 1330. The Morgan fingerprint density at radius 1 is 0.935 bits per heavy atom. The second kappa shape index (κ2) is 8.57. The number of anilines is 1. The number of fused-ring (bicyclic) bond motifs is 1. The molecule has 0 aliphatic rings. The molecule has 0 unspecified atom stereocenters. The van der Waals surface area contributed by atoms with Crippen LogP contribution in [0.25, 0.3) is 10.9 Å². The fraction of sp³-hybridized carbons (Fsp3) is 0.125. The number of hydrogen-bond donors (Lipinski definition) is 0. The van der Waals surface area contributed by atoms with Crippen molar-refractivity contribution in [2.45, 2.75) is 23.3 Å². The van der Waals surface area contributed by atoms with Gasteiger partial charge in [-0.15, -0.1) is 0 Å². The van der Waals surface area contributed by atoms with Crippen molar-refractivity contribution in [1.82, 2.24) is 4.57 Å². The maximum absolute atomic E-state index is 13.3. The van der Waals surface area contributed by atoms with E-state index in [9.17, 15) is 13.2 Å². The zero-order valence-electron chi connectivity index (χ0n) is 16.9. The second-order valence-electron chi connectivity index (χ2n) is 7.07. The Morgan fingerprint density at radius 3 is 2.26 bits per heavy atom. The van der Waals surface area contributed by atoms with E-state index in [1.807, 2.05) is 49.4 Å². The molecule has 0 saturated heterocycles. The second-order valence-corrected chi connectivity index (χ2v) is 9.42. The number of rotatable bonds is 6. The number of para-hydroxylation sites is 2. The number of amides is 1. The molecule has 3 aromatic carbocycles. The molecule has 0 N–H and O–H groups in total. The lowest BCUT2D eigenvalue weighted by Crippen LogP contribution is -2.33. The number of benzene rings is 3. The average molecular weight is 453 g/mol. The Labute approximate surface area is 186 Å². The van der Waals surface area contributed by atoms with Crippen molar-refractivity contribution >= 4 is 43.9 Å². The predicted octanol–water partition coefficient (Wildman–Crippen LogP) is 5.18. The van der Waals surface area contributed by atoms with Gasteiger partial charge in [0.05, 0.1) is 9.79 Å². The van der Waals surface area contributed by atoms with Crippen molar-refractivity contribution in [3.63, 3.8) is 0 Å². The minimum absolute atomic E-state index is 0.0272. The number of likely N-dealkylation sites (N-methyl/N-ethyl adjacent to an activating group) is 1. The molecule has 0 fully saturated rings. The molecule has 158 valence electrons. The number of sulfone groups is 1. The third-order valence-electron chi connectivity index (χ3n) is 5.16. The number of nitrogens with zero attached hydrogens (tertiary/aromatic N) is 2. The summed E-state index contributed by atoms with van der Waals surface area (Å²) in [5.74, 6) is -0.120. The van der Waals surface area contributed by atoms with Crippen LogP contribution in [-0.2, 0) is 21.2 Å². The summed E-state index contributed by atoms with van der Waals surface area (Å²) in [4.78, 5) is 15.1. The summed E-state index contributed by atoms with van der Waals surface area (Å²) in [6.45, 7) is 2.45. The molecule has 4 rings (SSSR count). The van der Waals surface area contributed by atoms with E-state index in [-0.39, 0.29) is 22.2 Å². The SMILES string of the molecule is CCN(C(=O)Cn1cc(S(=O)(=O)c2ccc(Cl)cc2)c2ccccc21)c1ccccc1. The van der Waals surface area contributed by atoms with Gasteiger partial charge >= 0.3 is 0 Å². The molecule has 4 aromatic rings. The van der Waals surface area contributed by atoms with E-state index in [1.54, 1.807) is 39.9 Å². The van der Waals surface area contributed by atoms with Gasteiger partial charge in [0.1, 0.15) is 6.54 Å². The average Bonchev–Trinajstić information content (AvgIpc) is 3.15. The molecule has 0 spiro atoms. The highest BCUT2D eigenvalue weighted by atomic mass is 35.5. The van der Waals surface area contributed by atoms with Crippen molar-refractivity contribution in [3.8, 4) is 0 Å². The third kappa shape index (κ3) is 4.09. The lowest BCUT2D eigenvalue weighted by Gasteiger charge is -2.21. The zero-order chi connectivity index (χ0) is 22.0. The third-order valence-corrected chi connectivity index (χ3v) is 7.21. The Balaban J connectivity index is 1.75. The quantitative estimate of drug-likeness (QED) is 0.405. The maximum atomic E-state index is 13.3. The van der Waals surface area contributed by atoms with Crippen molar-refractivity contribution in [3.05, 3.63) is 90.1 Å². The molecule has 1 amide bonds. The van der Waals surface area contributed by atoms with E-state index < -0.39 is 9.84 Å². The minimum Gasteiger partial charge on any atom is -0.337 e. The topological polar surface area (TPSA) is 59.4 Å². The van der Waals surface area contributed by atoms with Gasteiger partial charge in [-0.25, -0.2) is 8.42 Å². The van der Waals surface area contributed by atoms with Crippen molar-refractivity contribution in [2.24, 2.45) is 0 Å². The monoisotopic (exact) mass is 452 g/mol. The van der Waals surface area contributed by atoms with E-state index in [0.29, 0.717) is 22.5 Å². The first-order chi connectivity index (χ1) is 14.9.